The summed E-state index contributed by atoms with van der Waals surface area (Å²) in [6.45, 7) is 6.57. The van der Waals surface area contributed by atoms with Crippen molar-refractivity contribution < 1.29 is 27.9 Å². The van der Waals surface area contributed by atoms with E-state index in [1.807, 2.05) is 37.3 Å². The maximum atomic E-state index is 12.6. The zero-order valence-electron chi connectivity index (χ0n) is 19.9. The zero-order valence-corrected chi connectivity index (χ0v) is 19.9. The molecule has 0 N–H and O–H groups in total. The normalized spacial score (nSPS) is 10.8. The largest absolute Gasteiger partial charge is 0.490 e. The van der Waals surface area contributed by atoms with Crippen molar-refractivity contribution in [1.82, 2.24) is 15.4 Å². The number of nitrogens with zero attached hydrogens (tertiary/aromatic N) is 3. The van der Waals surface area contributed by atoms with Crippen molar-refractivity contribution in [3.8, 4) is 34.2 Å². The fourth-order valence-electron chi connectivity index (χ4n) is 3.39. The molecule has 2 heterocycles. The highest BCUT2D eigenvalue weighted by Gasteiger charge is 2.22. The molecular formula is C26H27N3O6. The fourth-order valence-corrected chi connectivity index (χ4v) is 3.39. The molecule has 182 valence electrons. The molecule has 0 amide bonds. The van der Waals surface area contributed by atoms with Gasteiger partial charge in [-0.1, -0.05) is 48.8 Å². The maximum absolute atomic E-state index is 12.6. The summed E-state index contributed by atoms with van der Waals surface area (Å²) in [6, 6.07) is 14.5. The molecule has 4 aromatic rings. The highest BCUT2D eigenvalue weighted by atomic mass is 16.5. The molecule has 2 aromatic heterocycles. The molecule has 0 aliphatic carbocycles. The Morgan fingerprint density at radius 1 is 1.00 bits per heavy atom. The molecule has 0 radical (unpaired) electrons. The Morgan fingerprint density at radius 3 is 2.60 bits per heavy atom. The minimum atomic E-state index is -0.544. The monoisotopic (exact) mass is 477 g/mol. The van der Waals surface area contributed by atoms with Crippen molar-refractivity contribution in [1.29, 1.82) is 0 Å². The van der Waals surface area contributed by atoms with Crippen LogP contribution in [-0.2, 0) is 11.3 Å². The number of unbranched alkanes of at least 4 members (excludes halogenated alkanes) is 1. The highest BCUT2D eigenvalue weighted by molar-refractivity contribution is 5.90. The van der Waals surface area contributed by atoms with Crippen LogP contribution in [0.4, 0.5) is 0 Å². The van der Waals surface area contributed by atoms with E-state index in [0.29, 0.717) is 47.3 Å². The van der Waals surface area contributed by atoms with Crippen LogP contribution in [0.15, 0.2) is 57.5 Å². The molecule has 0 atom stereocenters. The number of hydrogen-bond donors (Lipinski definition) is 0. The summed E-state index contributed by atoms with van der Waals surface area (Å²) in [4.78, 5) is 12.6. The van der Waals surface area contributed by atoms with Gasteiger partial charge in [-0.3, -0.25) is 0 Å². The first-order valence-electron chi connectivity index (χ1n) is 11.5. The van der Waals surface area contributed by atoms with Crippen LogP contribution in [-0.4, -0.2) is 34.5 Å². The smallest absolute Gasteiger partial charge is 0.338 e. The standard InChI is InChI=1S/C26H27N3O6/c1-4-6-14-32-20-13-12-19(15-21(20)31-5-2)26(30)33-16-22-27-28-25(34-22)23-17(3)35-29-24(23)18-10-8-7-9-11-18/h7-13,15H,4-6,14,16H2,1-3H3. The van der Waals surface area contributed by atoms with Gasteiger partial charge in [0.05, 0.1) is 18.8 Å². The summed E-state index contributed by atoms with van der Waals surface area (Å²) in [5.41, 5.74) is 2.39. The van der Waals surface area contributed by atoms with Gasteiger partial charge in [-0.2, -0.15) is 0 Å². The zero-order chi connectivity index (χ0) is 24.6. The summed E-state index contributed by atoms with van der Waals surface area (Å²) in [7, 11) is 0. The molecule has 0 bridgehead atoms. The number of carbonyl (C=O) groups is 1. The second-order valence-corrected chi connectivity index (χ2v) is 7.70. The first-order chi connectivity index (χ1) is 17.1. The van der Waals surface area contributed by atoms with Gasteiger partial charge in [0.25, 0.3) is 11.8 Å². The summed E-state index contributed by atoms with van der Waals surface area (Å²) in [6.07, 6.45) is 1.96. The first kappa shape index (κ1) is 24.0. The van der Waals surface area contributed by atoms with Crippen LogP contribution < -0.4 is 9.47 Å². The lowest BCUT2D eigenvalue weighted by Crippen LogP contribution is -2.07. The van der Waals surface area contributed by atoms with Crippen LogP contribution in [0, 0.1) is 6.92 Å². The van der Waals surface area contributed by atoms with Crippen LogP contribution in [0.25, 0.3) is 22.7 Å². The van der Waals surface area contributed by atoms with E-state index in [1.165, 1.54) is 0 Å². The van der Waals surface area contributed by atoms with E-state index in [0.717, 1.165) is 18.4 Å². The van der Waals surface area contributed by atoms with E-state index < -0.39 is 5.97 Å². The van der Waals surface area contributed by atoms with Gasteiger partial charge in [0.2, 0.25) is 0 Å². The molecule has 9 nitrogen and oxygen atoms in total. The van der Waals surface area contributed by atoms with E-state index >= 15 is 0 Å². The lowest BCUT2D eigenvalue weighted by atomic mass is 10.1. The Bertz CT molecular complexity index is 1270. The lowest BCUT2D eigenvalue weighted by molar-refractivity contribution is 0.0438. The molecule has 2 aromatic carbocycles. The molecule has 0 spiro atoms. The van der Waals surface area contributed by atoms with Crippen molar-refractivity contribution in [2.24, 2.45) is 0 Å². The quantitative estimate of drug-likeness (QED) is 0.200. The van der Waals surface area contributed by atoms with Crippen LogP contribution in [0.1, 0.15) is 48.7 Å². The van der Waals surface area contributed by atoms with Crippen molar-refractivity contribution in [3.63, 3.8) is 0 Å². The molecule has 0 aliphatic heterocycles. The minimum absolute atomic E-state index is 0.150. The minimum Gasteiger partial charge on any atom is -0.490 e. The number of carbonyl (C=O) groups excluding carboxylic acids is 1. The molecule has 0 aliphatic rings. The van der Waals surface area contributed by atoms with Crippen LogP contribution in [0.5, 0.6) is 11.5 Å². The highest BCUT2D eigenvalue weighted by Crippen LogP contribution is 2.33. The van der Waals surface area contributed by atoms with E-state index in [4.69, 9.17) is 23.2 Å². The van der Waals surface area contributed by atoms with Crippen molar-refractivity contribution in [2.75, 3.05) is 13.2 Å². The molecule has 0 unspecified atom stereocenters. The third-order valence-corrected chi connectivity index (χ3v) is 5.15. The third kappa shape index (κ3) is 5.68. The second-order valence-electron chi connectivity index (χ2n) is 7.70. The number of benzene rings is 2. The van der Waals surface area contributed by atoms with E-state index in [1.54, 1.807) is 25.1 Å². The van der Waals surface area contributed by atoms with Gasteiger partial charge in [-0.05, 0) is 38.5 Å². The van der Waals surface area contributed by atoms with Gasteiger partial charge in [-0.25, -0.2) is 4.79 Å². The van der Waals surface area contributed by atoms with Crippen molar-refractivity contribution in [2.45, 2.75) is 40.2 Å². The molecule has 0 saturated heterocycles. The van der Waals surface area contributed by atoms with Gasteiger partial charge in [-0.15, -0.1) is 10.2 Å². The summed E-state index contributed by atoms with van der Waals surface area (Å²) < 4.78 is 27.9. The Balaban J connectivity index is 1.45. The van der Waals surface area contributed by atoms with Gasteiger partial charge in [0.15, 0.2) is 18.1 Å². The number of aryl methyl sites for hydroxylation is 1. The molecule has 35 heavy (non-hydrogen) atoms. The summed E-state index contributed by atoms with van der Waals surface area (Å²) in [5.74, 6) is 1.47. The van der Waals surface area contributed by atoms with E-state index in [9.17, 15) is 4.79 Å². The van der Waals surface area contributed by atoms with Crippen molar-refractivity contribution in [3.05, 3.63) is 65.7 Å². The number of aromatic nitrogens is 3. The van der Waals surface area contributed by atoms with Crippen LogP contribution in [0.2, 0.25) is 0 Å². The molecular weight excluding hydrogens is 450 g/mol. The van der Waals surface area contributed by atoms with Crippen molar-refractivity contribution >= 4 is 5.97 Å². The number of hydrogen-bond acceptors (Lipinski definition) is 9. The summed E-state index contributed by atoms with van der Waals surface area (Å²) in [5, 5.41) is 12.2. The van der Waals surface area contributed by atoms with Crippen LogP contribution >= 0.6 is 0 Å². The average molecular weight is 478 g/mol. The molecule has 0 saturated carbocycles. The summed E-state index contributed by atoms with van der Waals surface area (Å²) >= 11 is 0. The Morgan fingerprint density at radius 2 is 1.83 bits per heavy atom. The SMILES string of the molecule is CCCCOc1ccc(C(=O)OCc2nnc(-c3c(-c4ccccc4)noc3C)o2)cc1OCC. The average Bonchev–Trinajstić information content (AvgIpc) is 3.50. The molecule has 0 fully saturated rings. The second kappa shape index (κ2) is 11.3. The van der Waals surface area contributed by atoms with Gasteiger partial charge >= 0.3 is 5.97 Å². The van der Waals surface area contributed by atoms with E-state index in [-0.39, 0.29) is 18.4 Å². The van der Waals surface area contributed by atoms with Gasteiger partial charge < -0.3 is 23.2 Å². The fraction of sp³-hybridized carbons (Fsp3) is 0.308. The Hall–Kier alpha value is -4.14. The third-order valence-electron chi connectivity index (χ3n) is 5.15. The molecule has 4 rings (SSSR count). The van der Waals surface area contributed by atoms with Gasteiger partial charge in [0.1, 0.15) is 17.0 Å². The van der Waals surface area contributed by atoms with Crippen LogP contribution in [0.3, 0.4) is 0 Å². The topological polar surface area (TPSA) is 110 Å². The maximum Gasteiger partial charge on any atom is 0.338 e. The number of ether oxygens (including phenoxy) is 3. The first-order valence-corrected chi connectivity index (χ1v) is 11.5. The number of esters is 1. The van der Waals surface area contributed by atoms with E-state index in [2.05, 4.69) is 22.3 Å². The lowest BCUT2D eigenvalue weighted by Gasteiger charge is -2.13. The number of rotatable bonds is 11. The molecule has 9 heteroatoms. The van der Waals surface area contributed by atoms with Gasteiger partial charge in [0, 0.05) is 5.56 Å². The predicted molar refractivity (Wildman–Crippen MR) is 127 cm³/mol. The Labute approximate surface area is 203 Å². The predicted octanol–water partition coefficient (Wildman–Crippen LogP) is 5.63. The Kier molecular flexibility index (Phi) is 7.77.